The summed E-state index contributed by atoms with van der Waals surface area (Å²) in [5.74, 6) is 0.708. The van der Waals surface area contributed by atoms with Gasteiger partial charge in [-0.3, -0.25) is 14.7 Å². The van der Waals surface area contributed by atoms with E-state index in [0.29, 0.717) is 6.42 Å². The second-order valence-corrected chi connectivity index (χ2v) is 7.29. The van der Waals surface area contributed by atoms with E-state index in [4.69, 9.17) is 0 Å². The second-order valence-electron chi connectivity index (χ2n) is 7.29. The average molecular weight is 309 g/mol. The maximum Gasteiger partial charge on any atom is 0.236 e. The molecule has 0 radical (unpaired) electrons. The molecule has 0 aromatic carbocycles. The van der Waals surface area contributed by atoms with Gasteiger partial charge in [-0.1, -0.05) is 12.1 Å². The topological polar surface area (TPSA) is 46.1 Å². The van der Waals surface area contributed by atoms with Gasteiger partial charge in [-0.15, -0.1) is 0 Å². The molecule has 120 valence electrons. The summed E-state index contributed by atoms with van der Waals surface area (Å²) in [5.41, 5.74) is 3.98. The Kier molecular flexibility index (Phi) is 3.71. The van der Waals surface area contributed by atoms with Gasteiger partial charge in [0.05, 0.1) is 5.92 Å². The summed E-state index contributed by atoms with van der Waals surface area (Å²) in [6.07, 6.45) is 4.24. The largest absolute Gasteiger partial charge is 0.291 e. The normalized spacial score (nSPS) is 17.5. The fourth-order valence-corrected chi connectivity index (χ4v) is 3.26. The highest BCUT2D eigenvalue weighted by molar-refractivity contribution is 6.05. The maximum absolute atomic E-state index is 13.0. The maximum atomic E-state index is 13.0. The molecule has 1 unspecified atom stereocenters. The molecule has 0 N–H and O–H groups in total. The summed E-state index contributed by atoms with van der Waals surface area (Å²) in [6.45, 7) is 10.2. The van der Waals surface area contributed by atoms with Crippen molar-refractivity contribution in [3.63, 3.8) is 0 Å². The third kappa shape index (κ3) is 2.74. The predicted octanol–water partition coefficient (Wildman–Crippen LogP) is 3.56. The van der Waals surface area contributed by atoms with Crippen LogP contribution in [0.4, 0.5) is 5.82 Å². The lowest BCUT2D eigenvalue weighted by Crippen LogP contribution is -2.45. The molecule has 0 saturated carbocycles. The average Bonchev–Trinajstić information content (AvgIpc) is 2.74. The predicted molar refractivity (Wildman–Crippen MR) is 91.6 cm³/mol. The van der Waals surface area contributed by atoms with Crippen LogP contribution in [0.15, 0.2) is 30.6 Å². The van der Waals surface area contributed by atoms with Crippen LogP contribution in [0.25, 0.3) is 0 Å². The smallest absolute Gasteiger partial charge is 0.236 e. The van der Waals surface area contributed by atoms with Crippen LogP contribution in [0.3, 0.4) is 0 Å². The van der Waals surface area contributed by atoms with Crippen molar-refractivity contribution in [2.24, 2.45) is 0 Å². The molecule has 23 heavy (non-hydrogen) atoms. The van der Waals surface area contributed by atoms with E-state index < -0.39 is 0 Å². The van der Waals surface area contributed by atoms with E-state index in [9.17, 15) is 4.79 Å². The third-order valence-electron chi connectivity index (χ3n) is 4.31. The Labute approximate surface area is 137 Å². The van der Waals surface area contributed by atoms with Crippen molar-refractivity contribution in [1.82, 2.24) is 9.97 Å². The lowest BCUT2D eigenvalue weighted by Gasteiger charge is -2.31. The van der Waals surface area contributed by atoms with Crippen molar-refractivity contribution < 1.29 is 4.79 Å². The number of hydrogen-bond acceptors (Lipinski definition) is 3. The molecule has 0 fully saturated rings. The van der Waals surface area contributed by atoms with Gasteiger partial charge >= 0.3 is 0 Å². The first-order valence-electron chi connectivity index (χ1n) is 8.00. The first kappa shape index (κ1) is 15.7. The minimum atomic E-state index is -0.287. The Morgan fingerprint density at radius 2 is 1.96 bits per heavy atom. The van der Waals surface area contributed by atoms with Crippen LogP contribution < -0.4 is 4.90 Å². The zero-order valence-corrected chi connectivity index (χ0v) is 14.4. The lowest BCUT2D eigenvalue weighted by atomic mass is 9.94. The highest BCUT2D eigenvalue weighted by Gasteiger charge is 2.43. The number of amides is 1. The molecule has 0 spiro atoms. The zero-order valence-electron chi connectivity index (χ0n) is 14.4. The molecule has 4 heteroatoms. The summed E-state index contributed by atoms with van der Waals surface area (Å²) in [5, 5.41) is 0. The number of carbonyl (C=O) groups is 1. The Balaban J connectivity index is 2.02. The van der Waals surface area contributed by atoms with Crippen LogP contribution in [-0.4, -0.2) is 21.4 Å². The molecule has 0 aliphatic carbocycles. The van der Waals surface area contributed by atoms with Crippen LogP contribution in [0.2, 0.25) is 0 Å². The third-order valence-corrected chi connectivity index (χ3v) is 4.31. The van der Waals surface area contributed by atoms with E-state index in [-0.39, 0.29) is 17.4 Å². The minimum Gasteiger partial charge on any atom is -0.291 e. The Morgan fingerprint density at radius 1 is 1.22 bits per heavy atom. The fraction of sp³-hybridized carbons (Fsp3) is 0.421. The lowest BCUT2D eigenvalue weighted by molar-refractivity contribution is -0.120. The van der Waals surface area contributed by atoms with Crippen LogP contribution in [0, 0.1) is 13.8 Å². The molecule has 0 bridgehead atoms. The zero-order chi connectivity index (χ0) is 16.8. The van der Waals surface area contributed by atoms with Gasteiger partial charge in [-0.25, -0.2) is 4.98 Å². The number of carbonyl (C=O) groups excluding carboxylic acids is 1. The monoisotopic (exact) mass is 309 g/mol. The van der Waals surface area contributed by atoms with Gasteiger partial charge in [0, 0.05) is 35.6 Å². The van der Waals surface area contributed by atoms with E-state index >= 15 is 0 Å². The first-order chi connectivity index (χ1) is 10.8. The highest BCUT2D eigenvalue weighted by Crippen LogP contribution is 2.41. The van der Waals surface area contributed by atoms with Gasteiger partial charge in [0.15, 0.2) is 0 Å². The first-order valence-corrected chi connectivity index (χ1v) is 8.00. The second kappa shape index (κ2) is 5.44. The number of hydrogen-bond donors (Lipinski definition) is 0. The van der Waals surface area contributed by atoms with Crippen LogP contribution in [0.1, 0.15) is 49.1 Å². The molecule has 2 aromatic rings. The van der Waals surface area contributed by atoms with Gasteiger partial charge in [-0.2, -0.15) is 0 Å². The SMILES string of the molecule is Cc1cnc(CC2C(=O)N(C(C)(C)C)c3ncccc32)c(C)c1. The van der Waals surface area contributed by atoms with Gasteiger partial charge in [-0.05, 0) is 51.8 Å². The Hall–Kier alpha value is -2.23. The van der Waals surface area contributed by atoms with Crippen LogP contribution >= 0.6 is 0 Å². The number of aryl methyl sites for hydroxylation is 2. The fourth-order valence-electron chi connectivity index (χ4n) is 3.26. The molecule has 0 saturated heterocycles. The van der Waals surface area contributed by atoms with Crippen molar-refractivity contribution in [1.29, 1.82) is 0 Å². The molecule has 1 aliphatic heterocycles. The van der Waals surface area contributed by atoms with Crippen molar-refractivity contribution in [3.8, 4) is 0 Å². The number of rotatable bonds is 2. The Morgan fingerprint density at radius 3 is 2.61 bits per heavy atom. The van der Waals surface area contributed by atoms with E-state index in [2.05, 4.69) is 23.0 Å². The van der Waals surface area contributed by atoms with Crippen molar-refractivity contribution >= 4 is 11.7 Å². The number of anilines is 1. The summed E-state index contributed by atoms with van der Waals surface area (Å²) in [7, 11) is 0. The van der Waals surface area contributed by atoms with Crippen molar-refractivity contribution in [2.75, 3.05) is 4.90 Å². The van der Waals surface area contributed by atoms with Gasteiger partial charge < -0.3 is 0 Å². The Bertz CT molecular complexity index is 761. The molecule has 3 heterocycles. The van der Waals surface area contributed by atoms with E-state index in [1.807, 2.05) is 50.9 Å². The highest BCUT2D eigenvalue weighted by atomic mass is 16.2. The molecular formula is C19H23N3O. The van der Waals surface area contributed by atoms with Gasteiger partial charge in [0.25, 0.3) is 0 Å². The van der Waals surface area contributed by atoms with E-state index in [1.54, 1.807) is 6.20 Å². The van der Waals surface area contributed by atoms with Gasteiger partial charge in [0.2, 0.25) is 5.91 Å². The molecular weight excluding hydrogens is 286 g/mol. The number of aromatic nitrogens is 2. The standard InChI is InChI=1S/C19H23N3O/c1-12-9-13(2)16(21-11-12)10-15-14-7-6-8-20-17(14)22(18(15)23)19(3,4)5/h6-9,11,15H,10H2,1-5H3. The number of fused-ring (bicyclic) bond motifs is 1. The number of nitrogens with zero attached hydrogens (tertiary/aromatic N) is 3. The molecule has 1 amide bonds. The molecule has 2 aromatic heterocycles. The van der Waals surface area contributed by atoms with Crippen LogP contribution in [-0.2, 0) is 11.2 Å². The molecule has 1 aliphatic rings. The quantitative estimate of drug-likeness (QED) is 0.852. The van der Waals surface area contributed by atoms with Crippen molar-refractivity contribution in [2.45, 2.75) is 52.5 Å². The van der Waals surface area contributed by atoms with E-state index in [1.165, 1.54) is 0 Å². The summed E-state index contributed by atoms with van der Waals surface area (Å²) in [4.78, 5) is 23.9. The molecule has 1 atom stereocenters. The summed E-state index contributed by atoms with van der Waals surface area (Å²) >= 11 is 0. The van der Waals surface area contributed by atoms with E-state index in [0.717, 1.165) is 28.2 Å². The summed E-state index contributed by atoms with van der Waals surface area (Å²) < 4.78 is 0. The molecule has 3 rings (SSSR count). The number of pyridine rings is 2. The molecule has 4 nitrogen and oxygen atoms in total. The van der Waals surface area contributed by atoms with Crippen LogP contribution in [0.5, 0.6) is 0 Å². The summed E-state index contributed by atoms with van der Waals surface area (Å²) in [6, 6.07) is 6.04. The minimum absolute atomic E-state index is 0.118. The van der Waals surface area contributed by atoms with Gasteiger partial charge in [0.1, 0.15) is 5.82 Å². The van der Waals surface area contributed by atoms with Crippen molar-refractivity contribution in [3.05, 3.63) is 53.0 Å².